The molecule has 0 radical (unpaired) electrons. The summed E-state index contributed by atoms with van der Waals surface area (Å²) in [6.45, 7) is 4.10. The largest absolute Gasteiger partial charge is 0.302 e. The maximum atomic E-state index is 10.9. The van der Waals surface area contributed by atoms with Crippen molar-refractivity contribution in [2.45, 2.75) is 28.5 Å². The van der Waals surface area contributed by atoms with E-state index in [1.54, 1.807) is 11.8 Å². The van der Waals surface area contributed by atoms with Gasteiger partial charge in [-0.2, -0.15) is 0 Å². The van der Waals surface area contributed by atoms with Crippen molar-refractivity contribution in [3.05, 3.63) is 59.2 Å². The Hall–Kier alpha value is -1.06. The molecule has 98 valence electrons. The third-order valence-electron chi connectivity index (χ3n) is 2.94. The lowest BCUT2D eigenvalue weighted by Crippen LogP contribution is -1.98. The predicted molar refractivity (Wildman–Crippen MR) is 84.2 cm³/mol. The first-order valence-corrected chi connectivity index (χ1v) is 7.78. The summed E-state index contributed by atoms with van der Waals surface area (Å²) in [5, 5.41) is 0. The molecule has 0 fully saturated rings. The normalized spacial score (nSPS) is 12.2. The van der Waals surface area contributed by atoms with Crippen molar-refractivity contribution in [1.29, 1.82) is 0 Å². The zero-order chi connectivity index (χ0) is 13.8. The van der Waals surface area contributed by atoms with Crippen LogP contribution in [0.2, 0.25) is 0 Å². The molecule has 19 heavy (non-hydrogen) atoms. The number of halogens is 1. The molecule has 3 heteroatoms. The van der Waals surface area contributed by atoms with Gasteiger partial charge in [0.2, 0.25) is 0 Å². The van der Waals surface area contributed by atoms with Crippen molar-refractivity contribution in [1.82, 2.24) is 0 Å². The average Bonchev–Trinajstić information content (AvgIpc) is 2.38. The molecule has 1 unspecified atom stereocenters. The maximum Gasteiger partial charge on any atom is 0.138 e. The van der Waals surface area contributed by atoms with Crippen molar-refractivity contribution in [3.63, 3.8) is 0 Å². The van der Waals surface area contributed by atoms with Gasteiger partial charge in [-0.1, -0.05) is 45.9 Å². The Morgan fingerprint density at radius 3 is 2.16 bits per heavy atom. The molecule has 2 rings (SSSR count). The third kappa shape index (κ3) is 3.48. The quantitative estimate of drug-likeness (QED) is 0.572. The van der Waals surface area contributed by atoms with Gasteiger partial charge in [0.1, 0.15) is 6.29 Å². The summed E-state index contributed by atoms with van der Waals surface area (Å²) >= 11 is 5.14. The van der Waals surface area contributed by atoms with Crippen LogP contribution >= 0.6 is 27.7 Å². The van der Waals surface area contributed by atoms with Crippen LogP contribution in [0.5, 0.6) is 0 Å². The molecule has 2 aromatic carbocycles. The molecule has 0 bridgehead atoms. The van der Waals surface area contributed by atoms with Gasteiger partial charge >= 0.3 is 0 Å². The molecular formula is C16H15BrOS. The topological polar surface area (TPSA) is 17.1 Å². The van der Waals surface area contributed by atoms with Crippen molar-refractivity contribution < 1.29 is 4.79 Å². The summed E-state index contributed by atoms with van der Waals surface area (Å²) in [7, 11) is 0. The summed E-state index contributed by atoms with van der Waals surface area (Å²) in [4.78, 5) is 13.1. The van der Waals surface area contributed by atoms with E-state index in [2.05, 4.69) is 54.0 Å². The van der Waals surface area contributed by atoms with Gasteiger partial charge in [0.05, 0.1) is 4.83 Å². The number of benzene rings is 2. The van der Waals surface area contributed by atoms with E-state index in [1.807, 2.05) is 18.2 Å². The van der Waals surface area contributed by atoms with Crippen LogP contribution in [-0.2, 0) is 4.79 Å². The molecule has 0 heterocycles. The second-order valence-electron chi connectivity index (χ2n) is 4.42. The Morgan fingerprint density at radius 2 is 1.63 bits per heavy atom. The fraction of sp³-hybridized carbons (Fsp3) is 0.188. The molecule has 0 saturated heterocycles. The van der Waals surface area contributed by atoms with Gasteiger partial charge in [-0.05, 0) is 54.8 Å². The zero-order valence-electron chi connectivity index (χ0n) is 10.9. The van der Waals surface area contributed by atoms with Crippen molar-refractivity contribution in [3.8, 4) is 0 Å². The standard InChI is InChI=1S/C16H15BrOS/c1-11-8-14(19-13-6-4-3-5-7-13)9-12(2)16(11)15(17)10-18/h3-10,15H,1-2H3. The third-order valence-corrected chi connectivity index (χ3v) is 4.59. The SMILES string of the molecule is Cc1cc(Sc2ccccc2)cc(C)c1C(Br)C=O. The molecule has 0 aliphatic carbocycles. The van der Waals surface area contributed by atoms with Crippen LogP contribution in [0.3, 0.4) is 0 Å². The fourth-order valence-corrected chi connectivity index (χ4v) is 3.88. The lowest BCUT2D eigenvalue weighted by atomic mass is 10.0. The van der Waals surface area contributed by atoms with E-state index in [-0.39, 0.29) is 4.83 Å². The minimum absolute atomic E-state index is 0.219. The predicted octanol–water partition coefficient (Wildman–Crippen LogP) is 5.09. The zero-order valence-corrected chi connectivity index (χ0v) is 13.3. The second kappa shape index (κ2) is 6.40. The van der Waals surface area contributed by atoms with Crippen molar-refractivity contribution in [2.75, 3.05) is 0 Å². The van der Waals surface area contributed by atoms with Crippen molar-refractivity contribution in [2.24, 2.45) is 0 Å². The summed E-state index contributed by atoms with van der Waals surface area (Å²) in [5.74, 6) is 0. The highest BCUT2D eigenvalue weighted by atomic mass is 79.9. The Bertz CT molecular complexity index is 558. The van der Waals surface area contributed by atoms with Crippen LogP contribution < -0.4 is 0 Å². The number of carbonyl (C=O) groups is 1. The van der Waals surface area contributed by atoms with E-state index in [0.29, 0.717) is 0 Å². The minimum Gasteiger partial charge on any atom is -0.302 e. The van der Waals surface area contributed by atoms with E-state index >= 15 is 0 Å². The summed E-state index contributed by atoms with van der Waals surface area (Å²) < 4.78 is 0. The molecular weight excluding hydrogens is 320 g/mol. The summed E-state index contributed by atoms with van der Waals surface area (Å²) in [5.41, 5.74) is 3.37. The lowest BCUT2D eigenvalue weighted by Gasteiger charge is -2.13. The van der Waals surface area contributed by atoms with Gasteiger partial charge in [0.25, 0.3) is 0 Å². The minimum atomic E-state index is -0.219. The van der Waals surface area contributed by atoms with Crippen LogP contribution in [0.1, 0.15) is 21.5 Å². The number of hydrogen-bond acceptors (Lipinski definition) is 2. The smallest absolute Gasteiger partial charge is 0.138 e. The van der Waals surface area contributed by atoms with E-state index in [9.17, 15) is 4.79 Å². The Balaban J connectivity index is 2.32. The number of alkyl halides is 1. The van der Waals surface area contributed by atoms with E-state index in [1.165, 1.54) is 9.79 Å². The fourth-order valence-electron chi connectivity index (χ4n) is 2.12. The number of aldehydes is 1. The lowest BCUT2D eigenvalue weighted by molar-refractivity contribution is -0.107. The van der Waals surface area contributed by atoms with Gasteiger partial charge in [-0.3, -0.25) is 0 Å². The Kier molecular flexibility index (Phi) is 4.83. The number of rotatable bonds is 4. The molecule has 0 N–H and O–H groups in total. The van der Waals surface area contributed by atoms with E-state index in [4.69, 9.17) is 0 Å². The molecule has 0 amide bonds. The highest BCUT2D eigenvalue weighted by molar-refractivity contribution is 9.09. The van der Waals surface area contributed by atoms with Crippen LogP contribution in [0.25, 0.3) is 0 Å². The van der Waals surface area contributed by atoms with Crippen molar-refractivity contribution >= 4 is 34.0 Å². The molecule has 0 spiro atoms. The first-order valence-electron chi connectivity index (χ1n) is 6.05. The van der Waals surface area contributed by atoms with Crippen LogP contribution in [0.4, 0.5) is 0 Å². The molecule has 0 aliphatic rings. The molecule has 1 atom stereocenters. The number of hydrogen-bond donors (Lipinski definition) is 0. The van der Waals surface area contributed by atoms with Gasteiger partial charge in [0.15, 0.2) is 0 Å². The first-order chi connectivity index (χ1) is 9.11. The van der Waals surface area contributed by atoms with Crippen LogP contribution in [0.15, 0.2) is 52.3 Å². The maximum absolute atomic E-state index is 10.9. The van der Waals surface area contributed by atoms with Gasteiger partial charge in [-0.25, -0.2) is 0 Å². The first kappa shape index (κ1) is 14.4. The highest BCUT2D eigenvalue weighted by Gasteiger charge is 2.13. The van der Waals surface area contributed by atoms with Gasteiger partial charge in [0, 0.05) is 9.79 Å². The summed E-state index contributed by atoms with van der Waals surface area (Å²) in [6.07, 6.45) is 0.930. The second-order valence-corrected chi connectivity index (χ2v) is 6.56. The Morgan fingerprint density at radius 1 is 1.05 bits per heavy atom. The molecule has 0 aliphatic heterocycles. The monoisotopic (exact) mass is 334 g/mol. The van der Waals surface area contributed by atoms with Gasteiger partial charge in [-0.15, -0.1) is 0 Å². The van der Waals surface area contributed by atoms with E-state index in [0.717, 1.165) is 23.0 Å². The highest BCUT2D eigenvalue weighted by Crippen LogP contribution is 2.34. The Labute approximate surface area is 126 Å². The average molecular weight is 335 g/mol. The molecule has 0 aromatic heterocycles. The van der Waals surface area contributed by atoms with Crippen LogP contribution in [-0.4, -0.2) is 6.29 Å². The van der Waals surface area contributed by atoms with Gasteiger partial charge < -0.3 is 4.79 Å². The summed E-state index contributed by atoms with van der Waals surface area (Å²) in [6, 6.07) is 14.6. The molecule has 2 aromatic rings. The molecule has 1 nitrogen and oxygen atoms in total. The van der Waals surface area contributed by atoms with E-state index < -0.39 is 0 Å². The number of carbonyl (C=O) groups excluding carboxylic acids is 1. The van der Waals surface area contributed by atoms with Crippen LogP contribution in [0, 0.1) is 13.8 Å². The molecule has 0 saturated carbocycles. The number of aryl methyl sites for hydroxylation is 2.